The van der Waals surface area contributed by atoms with Crippen LogP contribution in [-0.4, -0.2) is 44.7 Å². The first kappa shape index (κ1) is 15.5. The lowest BCUT2D eigenvalue weighted by Gasteiger charge is -2.27. The van der Waals surface area contributed by atoms with Crippen LogP contribution in [0.4, 0.5) is 0 Å². The molecule has 0 aliphatic carbocycles. The number of hydrogen-bond donors (Lipinski definition) is 0. The summed E-state index contributed by atoms with van der Waals surface area (Å²) in [4.78, 5) is 26.5. The fourth-order valence-electron chi connectivity index (χ4n) is 2.59. The van der Waals surface area contributed by atoms with Crippen LogP contribution in [0.15, 0.2) is 6.20 Å². The standard InChI is InChI=1S/C15H23N3O3/c1-10-11(9-17(5)16-10)13(19)18-8-6-7-12(18)14(20)21-15(2,3)4/h9,12H,6-8H2,1-5H3/t12-/m1/s1. The van der Waals surface area contributed by atoms with Gasteiger partial charge in [0.05, 0.1) is 11.3 Å². The first-order valence-electron chi connectivity index (χ1n) is 7.23. The molecule has 6 nitrogen and oxygen atoms in total. The predicted octanol–water partition coefficient (Wildman–Crippen LogP) is 1.67. The average Bonchev–Trinajstić information content (AvgIpc) is 2.92. The molecule has 0 saturated carbocycles. The van der Waals surface area contributed by atoms with E-state index < -0.39 is 11.6 Å². The highest BCUT2D eigenvalue weighted by Crippen LogP contribution is 2.23. The van der Waals surface area contributed by atoms with Crippen molar-refractivity contribution in [3.05, 3.63) is 17.5 Å². The Hall–Kier alpha value is -1.85. The van der Waals surface area contributed by atoms with E-state index in [4.69, 9.17) is 4.74 Å². The number of nitrogens with zero attached hydrogens (tertiary/aromatic N) is 3. The molecule has 1 atom stereocenters. The van der Waals surface area contributed by atoms with Crippen LogP contribution in [0.25, 0.3) is 0 Å². The molecule has 0 bridgehead atoms. The van der Waals surface area contributed by atoms with Crippen LogP contribution in [0.5, 0.6) is 0 Å². The maximum absolute atomic E-state index is 12.6. The Morgan fingerprint density at radius 2 is 2.05 bits per heavy atom. The van der Waals surface area contributed by atoms with Gasteiger partial charge in [-0.25, -0.2) is 4.79 Å². The number of ether oxygens (including phenoxy) is 1. The summed E-state index contributed by atoms with van der Waals surface area (Å²) in [6.07, 6.45) is 3.16. The zero-order valence-electron chi connectivity index (χ0n) is 13.3. The predicted molar refractivity (Wildman–Crippen MR) is 77.8 cm³/mol. The molecule has 1 saturated heterocycles. The molecule has 1 aliphatic heterocycles. The van der Waals surface area contributed by atoms with Gasteiger partial charge in [0.15, 0.2) is 0 Å². The SMILES string of the molecule is Cc1nn(C)cc1C(=O)N1CCC[C@@H]1C(=O)OC(C)(C)C. The van der Waals surface area contributed by atoms with Gasteiger partial charge < -0.3 is 9.64 Å². The van der Waals surface area contributed by atoms with E-state index in [-0.39, 0.29) is 11.9 Å². The molecule has 0 N–H and O–H groups in total. The van der Waals surface area contributed by atoms with Crippen LogP contribution in [0, 0.1) is 6.92 Å². The molecule has 1 fully saturated rings. The van der Waals surface area contributed by atoms with E-state index in [2.05, 4.69) is 5.10 Å². The van der Waals surface area contributed by atoms with Crippen LogP contribution in [0.1, 0.15) is 49.7 Å². The highest BCUT2D eigenvalue weighted by Gasteiger charge is 2.38. The minimum absolute atomic E-state index is 0.144. The number of likely N-dealkylation sites (tertiary alicyclic amines) is 1. The monoisotopic (exact) mass is 293 g/mol. The Bertz CT molecular complexity index is 557. The summed E-state index contributed by atoms with van der Waals surface area (Å²) in [5.41, 5.74) is 0.684. The normalized spacial score (nSPS) is 18.9. The van der Waals surface area contributed by atoms with Crippen LogP contribution >= 0.6 is 0 Å². The Morgan fingerprint density at radius 3 is 2.57 bits per heavy atom. The summed E-state index contributed by atoms with van der Waals surface area (Å²) in [5, 5.41) is 4.19. The van der Waals surface area contributed by atoms with Gasteiger partial charge in [0.25, 0.3) is 5.91 Å². The summed E-state index contributed by atoms with van der Waals surface area (Å²) in [5.74, 6) is -0.469. The lowest BCUT2D eigenvalue weighted by molar-refractivity contribution is -0.159. The summed E-state index contributed by atoms with van der Waals surface area (Å²) in [7, 11) is 1.78. The van der Waals surface area contributed by atoms with Crippen molar-refractivity contribution in [1.82, 2.24) is 14.7 Å². The molecule has 2 rings (SSSR count). The molecular formula is C15H23N3O3. The summed E-state index contributed by atoms with van der Waals surface area (Å²) in [6.45, 7) is 7.87. The number of carbonyl (C=O) groups is 2. The van der Waals surface area contributed by atoms with Gasteiger partial charge in [0.1, 0.15) is 11.6 Å². The number of aromatic nitrogens is 2. The van der Waals surface area contributed by atoms with Crippen LogP contribution in [-0.2, 0) is 16.6 Å². The Kier molecular flexibility index (Phi) is 4.07. The van der Waals surface area contributed by atoms with Crippen LogP contribution in [0.2, 0.25) is 0 Å². The van der Waals surface area contributed by atoms with E-state index in [1.165, 1.54) is 0 Å². The van der Waals surface area contributed by atoms with Gasteiger partial charge in [0.2, 0.25) is 0 Å². The second-order valence-electron chi connectivity index (χ2n) is 6.49. The number of carbonyl (C=O) groups excluding carboxylic acids is 2. The molecule has 0 unspecified atom stereocenters. The molecule has 1 aromatic rings. The van der Waals surface area contributed by atoms with E-state index in [1.807, 2.05) is 20.8 Å². The van der Waals surface area contributed by atoms with Crippen molar-refractivity contribution in [2.24, 2.45) is 7.05 Å². The largest absolute Gasteiger partial charge is 0.458 e. The van der Waals surface area contributed by atoms with Crippen LogP contribution in [0.3, 0.4) is 0 Å². The van der Waals surface area contributed by atoms with Crippen molar-refractivity contribution in [2.45, 2.75) is 52.2 Å². The van der Waals surface area contributed by atoms with Crippen molar-refractivity contribution in [1.29, 1.82) is 0 Å². The molecule has 6 heteroatoms. The molecule has 0 radical (unpaired) electrons. The molecule has 0 spiro atoms. The minimum atomic E-state index is -0.543. The van der Waals surface area contributed by atoms with Gasteiger partial charge >= 0.3 is 5.97 Å². The summed E-state index contributed by atoms with van der Waals surface area (Å²) >= 11 is 0. The third-order valence-corrected chi connectivity index (χ3v) is 3.44. The van der Waals surface area contributed by atoms with Gasteiger partial charge in [-0.1, -0.05) is 0 Å². The van der Waals surface area contributed by atoms with Crippen molar-refractivity contribution < 1.29 is 14.3 Å². The fraction of sp³-hybridized carbons (Fsp3) is 0.667. The maximum atomic E-state index is 12.6. The van der Waals surface area contributed by atoms with Crippen molar-refractivity contribution in [3.63, 3.8) is 0 Å². The van der Waals surface area contributed by atoms with E-state index >= 15 is 0 Å². The summed E-state index contributed by atoms with van der Waals surface area (Å²) in [6, 6.07) is -0.490. The van der Waals surface area contributed by atoms with Gasteiger partial charge in [0, 0.05) is 19.8 Å². The Morgan fingerprint density at radius 1 is 1.38 bits per heavy atom. The second kappa shape index (κ2) is 5.50. The number of hydrogen-bond acceptors (Lipinski definition) is 4. The van der Waals surface area contributed by atoms with Gasteiger partial charge in [-0.05, 0) is 40.5 Å². The molecule has 21 heavy (non-hydrogen) atoms. The highest BCUT2D eigenvalue weighted by molar-refractivity contribution is 5.97. The van der Waals surface area contributed by atoms with E-state index in [0.29, 0.717) is 24.2 Å². The van der Waals surface area contributed by atoms with Crippen molar-refractivity contribution >= 4 is 11.9 Å². The lowest BCUT2D eigenvalue weighted by atomic mass is 10.1. The second-order valence-corrected chi connectivity index (χ2v) is 6.49. The number of rotatable bonds is 2. The Labute approximate surface area is 125 Å². The topological polar surface area (TPSA) is 64.4 Å². The molecule has 2 heterocycles. The molecule has 116 valence electrons. The molecular weight excluding hydrogens is 270 g/mol. The van der Waals surface area contributed by atoms with E-state index in [1.54, 1.807) is 29.7 Å². The summed E-state index contributed by atoms with van der Waals surface area (Å²) < 4.78 is 7.03. The van der Waals surface area contributed by atoms with Gasteiger partial charge in [-0.2, -0.15) is 5.10 Å². The molecule has 0 aromatic carbocycles. The van der Waals surface area contributed by atoms with Crippen LogP contribution < -0.4 is 0 Å². The molecule has 1 aromatic heterocycles. The highest BCUT2D eigenvalue weighted by atomic mass is 16.6. The molecule has 1 amide bonds. The van der Waals surface area contributed by atoms with Gasteiger partial charge in [-0.15, -0.1) is 0 Å². The zero-order chi connectivity index (χ0) is 15.8. The zero-order valence-corrected chi connectivity index (χ0v) is 13.3. The first-order valence-corrected chi connectivity index (χ1v) is 7.23. The van der Waals surface area contributed by atoms with Crippen molar-refractivity contribution in [2.75, 3.05) is 6.54 Å². The van der Waals surface area contributed by atoms with E-state index in [9.17, 15) is 9.59 Å². The molecule has 1 aliphatic rings. The lowest BCUT2D eigenvalue weighted by Crippen LogP contribution is -2.43. The number of aryl methyl sites for hydroxylation is 2. The third-order valence-electron chi connectivity index (χ3n) is 3.44. The average molecular weight is 293 g/mol. The quantitative estimate of drug-likeness (QED) is 0.778. The van der Waals surface area contributed by atoms with Crippen molar-refractivity contribution in [3.8, 4) is 0 Å². The fourth-order valence-corrected chi connectivity index (χ4v) is 2.59. The Balaban J connectivity index is 2.17. The smallest absolute Gasteiger partial charge is 0.329 e. The number of amides is 1. The number of esters is 1. The van der Waals surface area contributed by atoms with E-state index in [0.717, 1.165) is 6.42 Å². The minimum Gasteiger partial charge on any atom is -0.458 e. The first-order chi connectivity index (χ1) is 9.69. The van der Waals surface area contributed by atoms with Gasteiger partial charge in [-0.3, -0.25) is 9.48 Å². The maximum Gasteiger partial charge on any atom is 0.329 e. The third kappa shape index (κ3) is 3.43.